The summed E-state index contributed by atoms with van der Waals surface area (Å²) in [5.41, 5.74) is 0.0723. The molecule has 0 radical (unpaired) electrons. The molecule has 1 saturated heterocycles. The fourth-order valence-electron chi connectivity index (χ4n) is 3.84. The number of alkyl halides is 3. The fraction of sp³-hybridized carbons (Fsp3) is 0.286. The first-order valence-electron chi connectivity index (χ1n) is 9.91. The number of pyridine rings is 1. The highest BCUT2D eigenvalue weighted by Crippen LogP contribution is 2.40. The van der Waals surface area contributed by atoms with Gasteiger partial charge in [0.25, 0.3) is 0 Å². The zero-order valence-electron chi connectivity index (χ0n) is 17.5. The van der Waals surface area contributed by atoms with E-state index in [1.165, 1.54) is 30.4 Å². The zero-order chi connectivity index (χ0) is 23.8. The highest BCUT2D eigenvalue weighted by Gasteiger charge is 2.45. The van der Waals surface area contributed by atoms with Gasteiger partial charge in [0.2, 0.25) is 0 Å². The molecule has 172 valence electrons. The molecule has 0 spiro atoms. The van der Waals surface area contributed by atoms with Crippen LogP contribution in [0.2, 0.25) is 0 Å². The quantitative estimate of drug-likeness (QED) is 0.538. The van der Waals surface area contributed by atoms with E-state index in [-0.39, 0.29) is 22.9 Å². The minimum atomic E-state index is -4.62. The Morgan fingerprint density at radius 3 is 2.79 bits per heavy atom. The van der Waals surface area contributed by atoms with Gasteiger partial charge in [-0.15, -0.1) is 0 Å². The summed E-state index contributed by atoms with van der Waals surface area (Å²) in [6, 6.07) is 3.61. The second-order valence-corrected chi connectivity index (χ2v) is 7.57. The number of anilines is 3. The first kappa shape index (κ1) is 22.4. The fourth-order valence-corrected chi connectivity index (χ4v) is 3.84. The van der Waals surface area contributed by atoms with Gasteiger partial charge in [-0.25, -0.2) is 19.7 Å². The summed E-state index contributed by atoms with van der Waals surface area (Å²) in [7, 11) is 0. The summed E-state index contributed by atoms with van der Waals surface area (Å²) in [4.78, 5) is 31.8. The van der Waals surface area contributed by atoms with E-state index in [2.05, 4.69) is 32.0 Å². The van der Waals surface area contributed by atoms with Gasteiger partial charge < -0.3 is 10.0 Å². The summed E-state index contributed by atoms with van der Waals surface area (Å²) in [5, 5.41) is 13.2. The standard InChI is InChI=1S/C21H20F3N7O2/c1-12(7-13(8-25-2)21(22,23)24)14-3-4-15-19(28-14)31(16-9-30(15)10-17(16)32)20(33)29-18-5-6-26-11-27-18/h3-8,11,16-17,32H,2,9-10H2,1H3,(H,26,27,29,33)/b12-7+,13-8+/t16-,17-/m1/s1. The minimum absolute atomic E-state index is 0.217. The third-order valence-corrected chi connectivity index (χ3v) is 5.38. The van der Waals surface area contributed by atoms with Crippen LogP contribution in [0.3, 0.4) is 0 Å². The number of aromatic nitrogens is 3. The highest BCUT2D eigenvalue weighted by atomic mass is 19.4. The topological polar surface area (TPSA) is 107 Å². The lowest BCUT2D eigenvalue weighted by atomic mass is 10.1. The number of fused-ring (bicyclic) bond motifs is 4. The molecule has 0 aromatic carbocycles. The molecular formula is C21H20F3N7O2. The molecule has 2 aliphatic heterocycles. The molecular weight excluding hydrogens is 439 g/mol. The monoisotopic (exact) mass is 459 g/mol. The lowest BCUT2D eigenvalue weighted by Crippen LogP contribution is -2.51. The number of amides is 2. The number of carbonyl (C=O) groups excluding carboxylic acids is 1. The Kier molecular flexibility index (Phi) is 5.85. The molecule has 2 bridgehead atoms. The number of hydrogen-bond acceptors (Lipinski definition) is 7. The summed E-state index contributed by atoms with van der Waals surface area (Å²) in [6.07, 6.45) is -1.15. The molecule has 2 aliphatic rings. The van der Waals surface area contributed by atoms with Gasteiger partial charge in [-0.2, -0.15) is 13.2 Å². The molecule has 0 aliphatic carbocycles. The summed E-state index contributed by atoms with van der Waals surface area (Å²) >= 11 is 0. The Labute approximate surface area is 187 Å². The molecule has 2 aromatic rings. The summed E-state index contributed by atoms with van der Waals surface area (Å²) in [6.45, 7) is 5.27. The molecule has 4 heterocycles. The number of carbonyl (C=O) groups is 1. The van der Waals surface area contributed by atoms with Gasteiger partial charge in [0, 0.05) is 25.5 Å². The van der Waals surface area contributed by atoms with Gasteiger partial charge in [-0.3, -0.25) is 15.2 Å². The Morgan fingerprint density at radius 2 is 2.12 bits per heavy atom. The first-order valence-corrected chi connectivity index (χ1v) is 9.91. The molecule has 2 aromatic heterocycles. The van der Waals surface area contributed by atoms with Crippen LogP contribution in [0.1, 0.15) is 12.6 Å². The van der Waals surface area contributed by atoms with E-state index in [1.807, 2.05) is 4.90 Å². The van der Waals surface area contributed by atoms with Crippen LogP contribution in [-0.2, 0) is 0 Å². The van der Waals surface area contributed by atoms with Gasteiger partial charge in [-0.1, -0.05) is 0 Å². The second-order valence-electron chi connectivity index (χ2n) is 7.57. The number of allylic oxidation sites excluding steroid dienone is 3. The van der Waals surface area contributed by atoms with E-state index in [9.17, 15) is 23.1 Å². The van der Waals surface area contributed by atoms with Crippen molar-refractivity contribution in [2.75, 3.05) is 28.2 Å². The summed E-state index contributed by atoms with van der Waals surface area (Å²) < 4.78 is 39.8. The number of aliphatic hydroxyl groups excluding tert-OH is 1. The predicted molar refractivity (Wildman–Crippen MR) is 117 cm³/mol. The SMILES string of the molecule is C=N/C=C(\C=C(/C)c1ccc2c(n1)N(C(=O)Nc1ccncn1)[C@@H]1CN2C[C@H]1O)C(F)(F)F. The summed E-state index contributed by atoms with van der Waals surface area (Å²) in [5.74, 6) is 0.495. The lowest BCUT2D eigenvalue weighted by molar-refractivity contribution is -0.0883. The number of nitrogens with zero attached hydrogens (tertiary/aromatic N) is 6. The van der Waals surface area contributed by atoms with E-state index in [1.54, 1.807) is 12.1 Å². The van der Waals surface area contributed by atoms with Crippen molar-refractivity contribution >= 4 is 35.6 Å². The Bertz CT molecular complexity index is 1130. The molecule has 1 fully saturated rings. The van der Waals surface area contributed by atoms with E-state index in [4.69, 9.17) is 0 Å². The van der Waals surface area contributed by atoms with Gasteiger partial charge in [-0.05, 0) is 43.5 Å². The van der Waals surface area contributed by atoms with Crippen molar-refractivity contribution in [2.24, 2.45) is 4.99 Å². The Balaban J connectivity index is 1.73. The van der Waals surface area contributed by atoms with Crippen LogP contribution in [0.4, 0.5) is 35.3 Å². The molecule has 0 saturated carbocycles. The molecule has 33 heavy (non-hydrogen) atoms. The van der Waals surface area contributed by atoms with Gasteiger partial charge in [0.1, 0.15) is 12.1 Å². The third-order valence-electron chi connectivity index (χ3n) is 5.38. The lowest BCUT2D eigenvalue weighted by Gasteiger charge is -2.36. The van der Waals surface area contributed by atoms with Gasteiger partial charge in [0.15, 0.2) is 5.82 Å². The van der Waals surface area contributed by atoms with Gasteiger partial charge in [0.05, 0.1) is 29.1 Å². The first-order chi connectivity index (χ1) is 15.7. The number of aliphatic imine (C=N–C) groups is 1. The molecule has 0 unspecified atom stereocenters. The van der Waals surface area contributed by atoms with Gasteiger partial charge >= 0.3 is 12.2 Å². The van der Waals surface area contributed by atoms with Crippen LogP contribution >= 0.6 is 0 Å². The maximum atomic E-state index is 13.3. The molecule has 2 N–H and O–H groups in total. The number of nitrogens with one attached hydrogen (secondary N) is 1. The second kappa shape index (κ2) is 8.62. The Hall–Kier alpha value is -3.80. The third kappa shape index (κ3) is 4.42. The number of aliphatic hydroxyl groups is 1. The van der Waals surface area contributed by atoms with Crippen LogP contribution in [0, 0.1) is 0 Å². The van der Waals surface area contributed by atoms with Crippen molar-refractivity contribution in [3.8, 4) is 0 Å². The molecule has 9 nitrogen and oxygen atoms in total. The molecule has 2 atom stereocenters. The maximum Gasteiger partial charge on any atom is 0.417 e. The van der Waals surface area contributed by atoms with Crippen LogP contribution < -0.4 is 15.1 Å². The van der Waals surface area contributed by atoms with Crippen molar-refractivity contribution in [3.05, 3.63) is 54.3 Å². The van der Waals surface area contributed by atoms with E-state index < -0.39 is 29.9 Å². The molecule has 4 rings (SSSR count). The van der Waals surface area contributed by atoms with Crippen LogP contribution in [-0.4, -0.2) is 64.2 Å². The van der Waals surface area contributed by atoms with E-state index >= 15 is 0 Å². The average molecular weight is 459 g/mol. The average Bonchev–Trinajstić information content (AvgIpc) is 3.09. The van der Waals surface area contributed by atoms with Crippen LogP contribution in [0.5, 0.6) is 0 Å². The number of urea groups is 1. The zero-order valence-corrected chi connectivity index (χ0v) is 17.5. The highest BCUT2D eigenvalue weighted by molar-refractivity contribution is 6.04. The van der Waals surface area contributed by atoms with Crippen molar-refractivity contribution in [2.45, 2.75) is 25.2 Å². The number of hydrogen-bond donors (Lipinski definition) is 2. The van der Waals surface area contributed by atoms with Crippen LogP contribution in [0.15, 0.2) is 53.6 Å². The molecule has 12 heteroatoms. The van der Waals surface area contributed by atoms with Crippen molar-refractivity contribution in [1.29, 1.82) is 0 Å². The minimum Gasteiger partial charge on any atom is -0.389 e. The molecule has 2 amide bonds. The van der Waals surface area contributed by atoms with Crippen molar-refractivity contribution in [3.63, 3.8) is 0 Å². The number of halogens is 3. The van der Waals surface area contributed by atoms with E-state index in [0.29, 0.717) is 25.0 Å². The largest absolute Gasteiger partial charge is 0.417 e. The smallest absolute Gasteiger partial charge is 0.389 e. The van der Waals surface area contributed by atoms with Crippen molar-refractivity contribution < 1.29 is 23.1 Å². The van der Waals surface area contributed by atoms with Crippen LogP contribution in [0.25, 0.3) is 5.57 Å². The number of rotatable bonds is 4. The Morgan fingerprint density at radius 1 is 1.33 bits per heavy atom. The predicted octanol–water partition coefficient (Wildman–Crippen LogP) is 3.02. The maximum absolute atomic E-state index is 13.3. The van der Waals surface area contributed by atoms with E-state index in [0.717, 1.165) is 6.08 Å². The normalized spacial score (nSPS) is 20.5. The van der Waals surface area contributed by atoms with Crippen molar-refractivity contribution in [1.82, 2.24) is 15.0 Å².